The van der Waals surface area contributed by atoms with Crippen LogP contribution in [0.2, 0.25) is 0 Å². The van der Waals surface area contributed by atoms with Crippen molar-refractivity contribution in [2.24, 2.45) is 0 Å². The van der Waals surface area contributed by atoms with Crippen LogP contribution in [0.25, 0.3) is 11.1 Å². The second kappa shape index (κ2) is 10.7. The number of aromatic carboxylic acids is 1. The molecule has 4 rings (SSSR count). The van der Waals surface area contributed by atoms with Crippen molar-refractivity contribution in [2.45, 2.75) is 38.1 Å². The molecule has 3 amide bonds. The number of carboxylic acid groups (broad SMARTS) is 1. The Morgan fingerprint density at radius 1 is 0.892 bits per heavy atom. The largest absolute Gasteiger partial charge is 0.478 e. The zero-order chi connectivity index (χ0) is 26.6. The number of hydrogen-bond donors (Lipinski definition) is 3. The van der Waals surface area contributed by atoms with Gasteiger partial charge >= 0.3 is 12.0 Å². The Morgan fingerprint density at radius 3 is 2.00 bits per heavy atom. The van der Waals surface area contributed by atoms with Gasteiger partial charge in [-0.1, -0.05) is 56.3 Å². The maximum Gasteiger partial charge on any atom is 0.335 e. The van der Waals surface area contributed by atoms with Gasteiger partial charge in [0.05, 0.1) is 5.56 Å². The lowest BCUT2D eigenvalue weighted by atomic mass is 9.85. The fourth-order valence-corrected chi connectivity index (χ4v) is 4.36. The van der Waals surface area contributed by atoms with E-state index in [1.807, 2.05) is 42.5 Å². The van der Waals surface area contributed by atoms with E-state index in [0.717, 1.165) is 23.1 Å². The number of rotatable bonds is 7. The zero-order valence-electron chi connectivity index (χ0n) is 21.0. The van der Waals surface area contributed by atoms with Crippen LogP contribution in [0.5, 0.6) is 0 Å². The normalized spacial score (nSPS) is 15.2. The fourth-order valence-electron chi connectivity index (χ4n) is 4.36. The SMILES string of the molecule is C=CC(C)(C)c1ccc(NC(=O)N2CCC[C@@H]2C(=O)Nc2ccc(-c3ccc(C(=O)O)cc3)cc2)cc1. The van der Waals surface area contributed by atoms with E-state index >= 15 is 0 Å². The zero-order valence-corrected chi connectivity index (χ0v) is 21.0. The van der Waals surface area contributed by atoms with E-state index < -0.39 is 12.0 Å². The summed E-state index contributed by atoms with van der Waals surface area (Å²) in [7, 11) is 0. The molecule has 0 unspecified atom stereocenters. The Hall–Kier alpha value is -4.39. The number of hydrogen-bond acceptors (Lipinski definition) is 3. The van der Waals surface area contributed by atoms with Crippen LogP contribution in [-0.2, 0) is 10.2 Å². The summed E-state index contributed by atoms with van der Waals surface area (Å²) >= 11 is 0. The third kappa shape index (κ3) is 5.89. The highest BCUT2D eigenvalue weighted by Crippen LogP contribution is 2.27. The van der Waals surface area contributed by atoms with Gasteiger partial charge in [0.25, 0.3) is 0 Å². The molecular weight excluding hydrogens is 466 g/mol. The van der Waals surface area contributed by atoms with Gasteiger partial charge in [-0.15, -0.1) is 6.58 Å². The number of carbonyl (C=O) groups excluding carboxylic acids is 2. The van der Waals surface area contributed by atoms with Crippen LogP contribution < -0.4 is 10.6 Å². The minimum Gasteiger partial charge on any atom is -0.478 e. The first-order valence-corrected chi connectivity index (χ1v) is 12.2. The van der Waals surface area contributed by atoms with Gasteiger partial charge in [-0.05, 0) is 65.9 Å². The maximum absolute atomic E-state index is 13.0. The molecule has 1 heterocycles. The molecule has 1 aliphatic rings. The Kier molecular flexibility index (Phi) is 7.43. The monoisotopic (exact) mass is 497 g/mol. The highest BCUT2D eigenvalue weighted by atomic mass is 16.4. The fraction of sp³-hybridized carbons (Fsp3) is 0.233. The Balaban J connectivity index is 1.37. The van der Waals surface area contributed by atoms with E-state index in [-0.39, 0.29) is 22.9 Å². The molecule has 1 aliphatic heterocycles. The maximum atomic E-state index is 13.0. The van der Waals surface area contributed by atoms with E-state index in [1.54, 1.807) is 41.3 Å². The van der Waals surface area contributed by atoms with Crippen molar-refractivity contribution in [3.63, 3.8) is 0 Å². The van der Waals surface area contributed by atoms with Crippen molar-refractivity contribution in [2.75, 3.05) is 17.2 Å². The van der Waals surface area contributed by atoms with E-state index in [0.29, 0.717) is 24.3 Å². The smallest absolute Gasteiger partial charge is 0.335 e. The van der Waals surface area contributed by atoms with Crippen molar-refractivity contribution >= 4 is 29.3 Å². The molecule has 0 spiro atoms. The molecule has 1 saturated heterocycles. The minimum atomic E-state index is -0.968. The lowest BCUT2D eigenvalue weighted by Gasteiger charge is -2.25. The summed E-state index contributed by atoms with van der Waals surface area (Å²) in [5, 5.41) is 14.9. The van der Waals surface area contributed by atoms with E-state index in [4.69, 9.17) is 5.11 Å². The second-order valence-corrected chi connectivity index (χ2v) is 9.73. The summed E-state index contributed by atoms with van der Waals surface area (Å²) < 4.78 is 0. The first-order chi connectivity index (χ1) is 17.7. The molecule has 0 saturated carbocycles. The van der Waals surface area contributed by atoms with Crippen LogP contribution in [0.1, 0.15) is 42.6 Å². The molecule has 0 aromatic heterocycles. The lowest BCUT2D eigenvalue weighted by molar-refractivity contribution is -0.119. The first-order valence-electron chi connectivity index (χ1n) is 12.2. The molecule has 3 N–H and O–H groups in total. The molecular formula is C30H31N3O4. The van der Waals surface area contributed by atoms with E-state index in [2.05, 4.69) is 31.1 Å². The van der Waals surface area contributed by atoms with Crippen molar-refractivity contribution in [1.82, 2.24) is 4.90 Å². The summed E-state index contributed by atoms with van der Waals surface area (Å²) in [6.07, 6.45) is 3.24. The molecule has 7 nitrogen and oxygen atoms in total. The van der Waals surface area contributed by atoms with Gasteiger partial charge in [-0.3, -0.25) is 4.79 Å². The number of amides is 3. The molecule has 0 aliphatic carbocycles. The standard InChI is InChI=1S/C30H31N3O4/c1-4-30(2,3)23-13-17-25(18-14-23)32-29(37)33-19-5-6-26(33)27(34)31-24-15-11-21(12-16-24)20-7-9-22(10-8-20)28(35)36/h4,7-18,26H,1,5-6,19H2,2-3H3,(H,31,34)(H,32,37)(H,35,36)/t26-/m1/s1. The summed E-state index contributed by atoms with van der Waals surface area (Å²) in [5.74, 6) is -1.20. The van der Waals surface area contributed by atoms with Crippen molar-refractivity contribution < 1.29 is 19.5 Å². The molecule has 37 heavy (non-hydrogen) atoms. The Bertz CT molecular complexity index is 1300. The van der Waals surface area contributed by atoms with Crippen LogP contribution in [0.4, 0.5) is 16.2 Å². The number of anilines is 2. The van der Waals surface area contributed by atoms with Gasteiger partial charge in [-0.25, -0.2) is 9.59 Å². The molecule has 0 radical (unpaired) electrons. The van der Waals surface area contributed by atoms with E-state index in [1.165, 1.54) is 0 Å². The van der Waals surface area contributed by atoms with Crippen molar-refractivity contribution in [3.8, 4) is 11.1 Å². The quantitative estimate of drug-likeness (QED) is 0.341. The number of carbonyl (C=O) groups is 3. The van der Waals surface area contributed by atoms with Crippen LogP contribution >= 0.6 is 0 Å². The van der Waals surface area contributed by atoms with Crippen LogP contribution in [-0.4, -0.2) is 40.5 Å². The van der Waals surface area contributed by atoms with Gasteiger partial charge in [-0.2, -0.15) is 0 Å². The number of nitrogens with zero attached hydrogens (tertiary/aromatic N) is 1. The summed E-state index contributed by atoms with van der Waals surface area (Å²) in [5.41, 5.74) is 4.25. The molecule has 0 bridgehead atoms. The highest BCUT2D eigenvalue weighted by molar-refractivity contribution is 5.99. The van der Waals surface area contributed by atoms with Crippen molar-refractivity contribution in [1.29, 1.82) is 0 Å². The lowest BCUT2D eigenvalue weighted by Crippen LogP contribution is -2.45. The summed E-state index contributed by atoms with van der Waals surface area (Å²) in [4.78, 5) is 38.6. The van der Waals surface area contributed by atoms with Crippen LogP contribution in [0.3, 0.4) is 0 Å². The minimum absolute atomic E-state index is 0.163. The number of likely N-dealkylation sites (tertiary alicyclic amines) is 1. The Labute approximate surface area is 216 Å². The number of benzene rings is 3. The first kappa shape index (κ1) is 25.7. The molecule has 3 aromatic rings. The molecule has 1 fully saturated rings. The van der Waals surface area contributed by atoms with Crippen LogP contribution in [0, 0.1) is 0 Å². The van der Waals surface area contributed by atoms with Gasteiger partial charge < -0.3 is 20.6 Å². The summed E-state index contributed by atoms with van der Waals surface area (Å²) in [6, 6.07) is 20.7. The Morgan fingerprint density at radius 2 is 1.43 bits per heavy atom. The van der Waals surface area contributed by atoms with Gasteiger partial charge in [0, 0.05) is 23.3 Å². The molecule has 190 valence electrons. The highest BCUT2D eigenvalue weighted by Gasteiger charge is 2.34. The second-order valence-electron chi connectivity index (χ2n) is 9.73. The number of nitrogens with one attached hydrogen (secondary N) is 2. The predicted octanol–water partition coefficient (Wildman–Crippen LogP) is 6.15. The van der Waals surface area contributed by atoms with Crippen LogP contribution in [0.15, 0.2) is 85.5 Å². The average molecular weight is 498 g/mol. The third-order valence-corrected chi connectivity index (χ3v) is 6.82. The van der Waals surface area contributed by atoms with Gasteiger partial charge in [0.1, 0.15) is 6.04 Å². The van der Waals surface area contributed by atoms with Crippen molar-refractivity contribution in [3.05, 3.63) is 96.6 Å². The number of allylic oxidation sites excluding steroid dienone is 1. The number of urea groups is 1. The molecule has 7 heteroatoms. The predicted molar refractivity (Wildman–Crippen MR) is 146 cm³/mol. The van der Waals surface area contributed by atoms with E-state index in [9.17, 15) is 14.4 Å². The number of carboxylic acids is 1. The van der Waals surface area contributed by atoms with Gasteiger partial charge in [0.2, 0.25) is 5.91 Å². The summed E-state index contributed by atoms with van der Waals surface area (Å²) in [6.45, 7) is 8.54. The topological polar surface area (TPSA) is 98.7 Å². The average Bonchev–Trinajstić information content (AvgIpc) is 3.40. The van der Waals surface area contributed by atoms with Gasteiger partial charge in [0.15, 0.2) is 0 Å². The molecule has 3 aromatic carbocycles. The third-order valence-electron chi connectivity index (χ3n) is 6.82. The molecule has 1 atom stereocenters.